The molecule has 1 aliphatic carbocycles. The van der Waals surface area contributed by atoms with Crippen LogP contribution in [0.1, 0.15) is 32.3 Å². The van der Waals surface area contributed by atoms with Crippen LogP contribution >= 0.6 is 11.6 Å². The number of pyridine rings is 1. The van der Waals surface area contributed by atoms with Crippen molar-refractivity contribution < 1.29 is 0 Å². The SMILES string of the molecule is CC1=CC(C)CC(CNc2cc(C)cnc2Cl)C1. The normalized spacial score (nSPS) is 23.7. The van der Waals surface area contributed by atoms with Gasteiger partial charge in [0.2, 0.25) is 0 Å². The molecule has 1 aliphatic rings. The zero-order valence-electron chi connectivity index (χ0n) is 11.3. The Kier molecular flexibility index (Phi) is 4.28. The lowest BCUT2D eigenvalue weighted by molar-refractivity contribution is 0.421. The summed E-state index contributed by atoms with van der Waals surface area (Å²) in [5.74, 6) is 1.39. The second-order valence-corrected chi connectivity index (χ2v) is 5.89. The van der Waals surface area contributed by atoms with E-state index in [2.05, 4.69) is 36.3 Å². The van der Waals surface area contributed by atoms with Gasteiger partial charge >= 0.3 is 0 Å². The van der Waals surface area contributed by atoms with Gasteiger partial charge < -0.3 is 5.32 Å². The number of anilines is 1. The summed E-state index contributed by atoms with van der Waals surface area (Å²) in [7, 11) is 0. The van der Waals surface area contributed by atoms with Crippen LogP contribution < -0.4 is 5.32 Å². The van der Waals surface area contributed by atoms with E-state index in [4.69, 9.17) is 11.6 Å². The molecule has 2 atom stereocenters. The first-order valence-electron chi connectivity index (χ1n) is 6.58. The quantitative estimate of drug-likeness (QED) is 0.645. The van der Waals surface area contributed by atoms with E-state index >= 15 is 0 Å². The predicted molar refractivity (Wildman–Crippen MR) is 78.1 cm³/mol. The summed E-state index contributed by atoms with van der Waals surface area (Å²) in [6, 6.07) is 2.06. The number of rotatable bonds is 3. The Morgan fingerprint density at radius 3 is 2.94 bits per heavy atom. The van der Waals surface area contributed by atoms with Gasteiger partial charge in [-0.15, -0.1) is 0 Å². The number of aryl methyl sites for hydroxylation is 1. The average Bonchev–Trinajstić information content (AvgIpc) is 2.29. The standard InChI is InChI=1S/C15H21ClN2/c1-10-4-11(2)6-13(5-10)9-17-14-7-12(3)8-18-15(14)16/h4,7-8,10,13,17H,5-6,9H2,1-3H3. The van der Waals surface area contributed by atoms with Crippen LogP contribution in [0.25, 0.3) is 0 Å². The number of nitrogens with zero attached hydrogens (tertiary/aromatic N) is 1. The van der Waals surface area contributed by atoms with Gasteiger partial charge in [0, 0.05) is 12.7 Å². The van der Waals surface area contributed by atoms with Crippen molar-refractivity contribution in [2.45, 2.75) is 33.6 Å². The molecule has 0 saturated carbocycles. The first-order chi connectivity index (χ1) is 8.54. The molecule has 1 N–H and O–H groups in total. The van der Waals surface area contributed by atoms with Gasteiger partial charge in [0.1, 0.15) is 0 Å². The van der Waals surface area contributed by atoms with Gasteiger partial charge in [0.25, 0.3) is 0 Å². The molecular weight excluding hydrogens is 244 g/mol. The third-order valence-electron chi connectivity index (χ3n) is 3.44. The number of hydrogen-bond acceptors (Lipinski definition) is 2. The summed E-state index contributed by atoms with van der Waals surface area (Å²) >= 11 is 6.09. The number of nitrogens with one attached hydrogen (secondary N) is 1. The first kappa shape index (κ1) is 13.4. The smallest absolute Gasteiger partial charge is 0.152 e. The van der Waals surface area contributed by atoms with E-state index in [9.17, 15) is 0 Å². The van der Waals surface area contributed by atoms with E-state index in [1.807, 2.05) is 6.92 Å². The molecule has 0 fully saturated rings. The third kappa shape index (κ3) is 3.49. The molecule has 0 saturated heterocycles. The Labute approximate surface area is 114 Å². The molecule has 0 spiro atoms. The second-order valence-electron chi connectivity index (χ2n) is 5.53. The summed E-state index contributed by atoms with van der Waals surface area (Å²) < 4.78 is 0. The molecule has 0 radical (unpaired) electrons. The molecule has 0 amide bonds. The summed E-state index contributed by atoms with van der Waals surface area (Å²) in [4.78, 5) is 4.16. The van der Waals surface area contributed by atoms with Gasteiger partial charge in [0.15, 0.2) is 5.15 Å². The number of halogens is 1. The van der Waals surface area contributed by atoms with Crippen molar-refractivity contribution in [2.24, 2.45) is 11.8 Å². The largest absolute Gasteiger partial charge is 0.382 e. The highest BCUT2D eigenvalue weighted by Gasteiger charge is 2.18. The lowest BCUT2D eigenvalue weighted by Gasteiger charge is -2.26. The average molecular weight is 265 g/mol. The summed E-state index contributed by atoms with van der Waals surface area (Å²) in [6.07, 6.45) is 6.62. The maximum Gasteiger partial charge on any atom is 0.152 e. The molecule has 98 valence electrons. The highest BCUT2D eigenvalue weighted by atomic mass is 35.5. The van der Waals surface area contributed by atoms with Crippen molar-refractivity contribution in [1.82, 2.24) is 4.98 Å². The number of allylic oxidation sites excluding steroid dienone is 2. The van der Waals surface area contributed by atoms with E-state index < -0.39 is 0 Å². The Morgan fingerprint density at radius 2 is 2.22 bits per heavy atom. The Bertz CT molecular complexity index is 454. The minimum atomic E-state index is 0.566. The molecule has 18 heavy (non-hydrogen) atoms. The fourth-order valence-electron chi connectivity index (χ4n) is 2.77. The monoisotopic (exact) mass is 264 g/mol. The topological polar surface area (TPSA) is 24.9 Å². The summed E-state index contributed by atoms with van der Waals surface area (Å²) in [6.45, 7) is 7.52. The maximum atomic E-state index is 6.09. The number of aromatic nitrogens is 1. The zero-order chi connectivity index (χ0) is 13.1. The molecular formula is C15H21ClN2. The van der Waals surface area contributed by atoms with Crippen molar-refractivity contribution in [2.75, 3.05) is 11.9 Å². The Balaban J connectivity index is 1.96. The zero-order valence-corrected chi connectivity index (χ0v) is 12.1. The van der Waals surface area contributed by atoms with Crippen LogP contribution in [0.4, 0.5) is 5.69 Å². The van der Waals surface area contributed by atoms with E-state index in [-0.39, 0.29) is 0 Å². The molecule has 3 heteroatoms. The van der Waals surface area contributed by atoms with Crippen molar-refractivity contribution in [3.63, 3.8) is 0 Å². The summed E-state index contributed by atoms with van der Waals surface area (Å²) in [5.41, 5.74) is 3.60. The van der Waals surface area contributed by atoms with E-state index in [1.54, 1.807) is 6.20 Å². The first-order valence-corrected chi connectivity index (χ1v) is 6.95. The van der Waals surface area contributed by atoms with Gasteiger partial charge in [-0.2, -0.15) is 0 Å². The molecule has 2 nitrogen and oxygen atoms in total. The fraction of sp³-hybridized carbons (Fsp3) is 0.533. The molecule has 2 unspecified atom stereocenters. The highest BCUT2D eigenvalue weighted by molar-refractivity contribution is 6.31. The Morgan fingerprint density at radius 1 is 1.44 bits per heavy atom. The fourth-order valence-corrected chi connectivity index (χ4v) is 2.94. The van der Waals surface area contributed by atoms with Crippen LogP contribution in [0.2, 0.25) is 5.15 Å². The van der Waals surface area contributed by atoms with Gasteiger partial charge in [-0.05, 0) is 50.2 Å². The molecule has 1 heterocycles. The molecule has 1 aromatic rings. The second kappa shape index (κ2) is 5.75. The van der Waals surface area contributed by atoms with Crippen molar-refractivity contribution in [3.05, 3.63) is 34.6 Å². The predicted octanol–water partition coefficient (Wildman–Crippen LogP) is 4.45. The van der Waals surface area contributed by atoms with Gasteiger partial charge in [0.05, 0.1) is 5.69 Å². The van der Waals surface area contributed by atoms with Crippen LogP contribution in [0, 0.1) is 18.8 Å². The van der Waals surface area contributed by atoms with Crippen LogP contribution in [0.3, 0.4) is 0 Å². The van der Waals surface area contributed by atoms with Crippen molar-refractivity contribution >= 4 is 17.3 Å². The maximum absolute atomic E-state index is 6.09. The van der Waals surface area contributed by atoms with E-state index in [0.717, 1.165) is 17.8 Å². The Hall–Kier alpha value is -1.02. The lowest BCUT2D eigenvalue weighted by atomic mass is 9.84. The molecule has 1 aromatic heterocycles. The van der Waals surface area contributed by atoms with Crippen molar-refractivity contribution in [3.8, 4) is 0 Å². The van der Waals surface area contributed by atoms with Gasteiger partial charge in [-0.1, -0.05) is 30.2 Å². The minimum Gasteiger partial charge on any atom is -0.382 e. The molecule has 2 rings (SSSR count). The summed E-state index contributed by atoms with van der Waals surface area (Å²) in [5, 5.41) is 4.01. The van der Waals surface area contributed by atoms with Crippen LogP contribution in [-0.2, 0) is 0 Å². The molecule has 0 aliphatic heterocycles. The molecule has 0 bridgehead atoms. The van der Waals surface area contributed by atoms with Gasteiger partial charge in [-0.3, -0.25) is 0 Å². The highest BCUT2D eigenvalue weighted by Crippen LogP contribution is 2.29. The minimum absolute atomic E-state index is 0.566. The molecule has 0 aromatic carbocycles. The third-order valence-corrected chi connectivity index (χ3v) is 3.74. The lowest BCUT2D eigenvalue weighted by Crippen LogP contribution is -2.20. The van der Waals surface area contributed by atoms with Crippen LogP contribution in [0.5, 0.6) is 0 Å². The number of hydrogen-bond donors (Lipinski definition) is 1. The van der Waals surface area contributed by atoms with Crippen LogP contribution in [-0.4, -0.2) is 11.5 Å². The van der Waals surface area contributed by atoms with Crippen LogP contribution in [0.15, 0.2) is 23.9 Å². The van der Waals surface area contributed by atoms with E-state index in [1.165, 1.54) is 18.4 Å². The van der Waals surface area contributed by atoms with E-state index in [0.29, 0.717) is 17.0 Å². The van der Waals surface area contributed by atoms with Gasteiger partial charge in [-0.25, -0.2) is 4.98 Å². The van der Waals surface area contributed by atoms with Crippen molar-refractivity contribution in [1.29, 1.82) is 0 Å².